The van der Waals surface area contributed by atoms with Gasteiger partial charge in [-0.3, -0.25) is 4.90 Å². The van der Waals surface area contributed by atoms with Crippen LogP contribution in [0.15, 0.2) is 84.9 Å². The third-order valence-corrected chi connectivity index (χ3v) is 7.47. The van der Waals surface area contributed by atoms with E-state index in [-0.39, 0.29) is 6.10 Å². The minimum Gasteiger partial charge on any atom is -0.403 e. The summed E-state index contributed by atoms with van der Waals surface area (Å²) in [4.78, 5) is 2.53. The van der Waals surface area contributed by atoms with Gasteiger partial charge < -0.3 is 4.43 Å². The van der Waals surface area contributed by atoms with Crippen LogP contribution >= 0.6 is 0 Å². The predicted octanol–water partition coefficient (Wildman–Crippen LogP) is 3.26. The van der Waals surface area contributed by atoms with Crippen LogP contribution in [0.2, 0.25) is 0 Å². The summed E-state index contributed by atoms with van der Waals surface area (Å²) in [5.41, 5.74) is 2.97. The van der Waals surface area contributed by atoms with Gasteiger partial charge in [0, 0.05) is 19.6 Å². The average molecular weight is 373 g/mol. The van der Waals surface area contributed by atoms with Crippen LogP contribution in [0.4, 0.5) is 0 Å². The van der Waals surface area contributed by atoms with Gasteiger partial charge in [0.2, 0.25) is 0 Å². The van der Waals surface area contributed by atoms with E-state index in [9.17, 15) is 0 Å². The van der Waals surface area contributed by atoms with Gasteiger partial charge in [-0.2, -0.15) is 0 Å². The maximum absolute atomic E-state index is 6.67. The number of hydrogen-bond donors (Lipinski definition) is 0. The van der Waals surface area contributed by atoms with E-state index in [1.165, 1.54) is 21.5 Å². The molecule has 0 amide bonds. The van der Waals surface area contributed by atoms with Crippen LogP contribution in [0.3, 0.4) is 0 Å². The van der Waals surface area contributed by atoms with Gasteiger partial charge in [0.15, 0.2) is 0 Å². The molecule has 3 aromatic rings. The lowest BCUT2D eigenvalue weighted by atomic mass is 10.00. The Morgan fingerprint density at radius 2 is 1.37 bits per heavy atom. The van der Waals surface area contributed by atoms with Crippen molar-refractivity contribution in [1.29, 1.82) is 0 Å². The molecule has 0 saturated heterocycles. The first-order valence-electron chi connectivity index (χ1n) is 9.73. The molecule has 0 aromatic heterocycles. The Hall–Kier alpha value is -2.20. The lowest BCUT2D eigenvalue weighted by Crippen LogP contribution is -2.49. The summed E-state index contributed by atoms with van der Waals surface area (Å²) in [7, 11) is -1.24. The highest BCUT2D eigenvalue weighted by Crippen LogP contribution is 2.18. The molecule has 0 aliphatic carbocycles. The maximum atomic E-state index is 6.67. The Morgan fingerprint density at radius 3 is 2.00 bits per heavy atom. The number of benzene rings is 3. The molecule has 1 atom stereocenters. The zero-order valence-electron chi connectivity index (χ0n) is 15.8. The summed E-state index contributed by atoms with van der Waals surface area (Å²) < 4.78 is 6.67. The lowest BCUT2D eigenvalue weighted by Gasteiger charge is -2.32. The molecule has 137 valence electrons. The van der Waals surface area contributed by atoms with Gasteiger partial charge in [-0.05, 0) is 34.8 Å². The zero-order valence-corrected chi connectivity index (χ0v) is 16.8. The standard InChI is InChI=1S/C24H26NOSi/c1-20(18-25-17-16-21-10-8-9-11-22(21)19-25)26-27(23-12-4-2-5-13-23)24-14-6-3-7-15-24/h2-15,20H,16-19H2,1H3. The summed E-state index contributed by atoms with van der Waals surface area (Å²) in [6, 6.07) is 30.2. The second-order valence-corrected chi connectivity index (χ2v) is 9.29. The highest BCUT2D eigenvalue weighted by molar-refractivity contribution is 6.80. The van der Waals surface area contributed by atoms with Crippen molar-refractivity contribution in [3.05, 3.63) is 96.1 Å². The van der Waals surface area contributed by atoms with E-state index in [1.54, 1.807) is 0 Å². The first kappa shape index (κ1) is 18.2. The minimum atomic E-state index is -1.24. The fourth-order valence-corrected chi connectivity index (χ4v) is 5.87. The first-order valence-corrected chi connectivity index (χ1v) is 11.1. The predicted molar refractivity (Wildman–Crippen MR) is 114 cm³/mol. The lowest BCUT2D eigenvalue weighted by molar-refractivity contribution is 0.140. The summed E-state index contributed by atoms with van der Waals surface area (Å²) in [5.74, 6) is 0. The van der Waals surface area contributed by atoms with E-state index < -0.39 is 9.04 Å². The quantitative estimate of drug-likeness (QED) is 0.616. The monoisotopic (exact) mass is 372 g/mol. The van der Waals surface area contributed by atoms with E-state index in [0.29, 0.717) is 0 Å². The molecule has 3 heteroatoms. The van der Waals surface area contributed by atoms with Crippen molar-refractivity contribution in [3.8, 4) is 0 Å². The van der Waals surface area contributed by atoms with E-state index in [1.807, 2.05) is 0 Å². The van der Waals surface area contributed by atoms with Gasteiger partial charge in [-0.1, -0.05) is 84.9 Å². The topological polar surface area (TPSA) is 12.5 Å². The molecular weight excluding hydrogens is 346 g/mol. The van der Waals surface area contributed by atoms with Gasteiger partial charge in [-0.15, -0.1) is 0 Å². The minimum absolute atomic E-state index is 0.199. The molecule has 1 radical (unpaired) electrons. The Balaban J connectivity index is 1.45. The van der Waals surface area contributed by atoms with Crippen molar-refractivity contribution in [2.75, 3.05) is 13.1 Å². The van der Waals surface area contributed by atoms with E-state index in [2.05, 4.69) is 96.8 Å². The van der Waals surface area contributed by atoms with Crippen LogP contribution in [0.1, 0.15) is 18.1 Å². The Morgan fingerprint density at radius 1 is 0.815 bits per heavy atom. The smallest absolute Gasteiger partial charge is 0.283 e. The first-order chi connectivity index (χ1) is 13.3. The van der Waals surface area contributed by atoms with Crippen molar-refractivity contribution in [2.24, 2.45) is 0 Å². The molecule has 0 fully saturated rings. The SMILES string of the molecule is CC(CN1CCc2ccccc2C1)O[Si](c1ccccc1)c1ccccc1. The Bertz CT molecular complexity index is 813. The molecule has 0 saturated carbocycles. The van der Waals surface area contributed by atoms with E-state index >= 15 is 0 Å². The summed E-state index contributed by atoms with van der Waals surface area (Å²) in [5, 5.41) is 2.62. The highest BCUT2D eigenvalue weighted by atomic mass is 28.3. The van der Waals surface area contributed by atoms with Gasteiger partial charge >= 0.3 is 0 Å². The zero-order chi connectivity index (χ0) is 18.5. The summed E-state index contributed by atoms with van der Waals surface area (Å²) in [6.07, 6.45) is 1.34. The number of hydrogen-bond acceptors (Lipinski definition) is 2. The molecule has 1 aliphatic heterocycles. The number of rotatable bonds is 6. The van der Waals surface area contributed by atoms with Crippen LogP contribution in [-0.4, -0.2) is 33.1 Å². The number of fused-ring (bicyclic) bond motifs is 1. The van der Waals surface area contributed by atoms with Crippen molar-refractivity contribution >= 4 is 19.4 Å². The van der Waals surface area contributed by atoms with Gasteiger partial charge in [0.25, 0.3) is 9.04 Å². The molecular formula is C24H26NOSi. The molecule has 0 N–H and O–H groups in total. The number of nitrogens with zero attached hydrogens (tertiary/aromatic N) is 1. The van der Waals surface area contributed by atoms with Crippen molar-refractivity contribution in [3.63, 3.8) is 0 Å². The summed E-state index contributed by atoms with van der Waals surface area (Å²) >= 11 is 0. The van der Waals surface area contributed by atoms with Crippen LogP contribution in [0, 0.1) is 0 Å². The van der Waals surface area contributed by atoms with Crippen molar-refractivity contribution < 1.29 is 4.43 Å². The molecule has 1 heterocycles. The van der Waals surface area contributed by atoms with E-state index in [0.717, 1.165) is 26.1 Å². The molecule has 4 rings (SSSR count). The van der Waals surface area contributed by atoms with Crippen LogP contribution in [-0.2, 0) is 17.4 Å². The fraction of sp³-hybridized carbons (Fsp3) is 0.250. The average Bonchev–Trinajstić information content (AvgIpc) is 2.73. The fourth-order valence-electron chi connectivity index (χ4n) is 3.79. The normalized spacial score (nSPS) is 15.5. The second-order valence-electron chi connectivity index (χ2n) is 7.24. The van der Waals surface area contributed by atoms with Crippen LogP contribution in [0.25, 0.3) is 0 Å². The molecule has 0 spiro atoms. The second kappa shape index (κ2) is 8.66. The van der Waals surface area contributed by atoms with Gasteiger partial charge in [0.05, 0.1) is 6.10 Å². The van der Waals surface area contributed by atoms with E-state index in [4.69, 9.17) is 4.43 Å². The molecule has 2 nitrogen and oxygen atoms in total. The third-order valence-electron chi connectivity index (χ3n) is 5.12. The Kier molecular flexibility index (Phi) is 5.83. The third kappa shape index (κ3) is 4.56. The van der Waals surface area contributed by atoms with Crippen LogP contribution < -0.4 is 10.4 Å². The van der Waals surface area contributed by atoms with Crippen LogP contribution in [0.5, 0.6) is 0 Å². The molecule has 0 bridgehead atoms. The van der Waals surface area contributed by atoms with Crippen molar-refractivity contribution in [2.45, 2.75) is 26.0 Å². The molecule has 1 aliphatic rings. The molecule has 1 unspecified atom stereocenters. The van der Waals surface area contributed by atoms with Gasteiger partial charge in [0.1, 0.15) is 0 Å². The molecule has 27 heavy (non-hydrogen) atoms. The maximum Gasteiger partial charge on any atom is 0.283 e. The molecule has 3 aromatic carbocycles. The summed E-state index contributed by atoms with van der Waals surface area (Å²) in [6.45, 7) is 5.34. The highest BCUT2D eigenvalue weighted by Gasteiger charge is 2.24. The van der Waals surface area contributed by atoms with Crippen molar-refractivity contribution in [1.82, 2.24) is 4.90 Å². The Labute approximate surface area is 164 Å². The van der Waals surface area contributed by atoms with Gasteiger partial charge in [-0.25, -0.2) is 0 Å². The largest absolute Gasteiger partial charge is 0.403 e.